The normalized spacial score (nSPS) is 17.0. The first-order chi connectivity index (χ1) is 17.7. The van der Waals surface area contributed by atoms with Gasteiger partial charge in [-0.05, 0) is 56.6 Å². The Hall–Kier alpha value is -4.56. The van der Waals surface area contributed by atoms with E-state index in [1.54, 1.807) is 0 Å². The molecule has 0 spiro atoms. The standard InChI is InChI=1S/C34H26N2/c35-31-17-5-3-9-24(31)21-13-7-14-22-23(21)19-20-29(22)34-28-12-2-1-11-27(28)33-26(15-8-16-30(33)34)25-10-4-6-18-32(25)36/h1-20,29,34H,35-36H2. The van der Waals surface area contributed by atoms with Crippen LogP contribution in [0.15, 0.2) is 115 Å². The Bertz CT molecular complexity index is 1680. The SMILES string of the molecule is Nc1ccccc1-c1cccc2c1C=CC2C1c2ccccc2-c2c(-c3ccccc3N)cccc21. The van der Waals surface area contributed by atoms with Crippen LogP contribution in [0.25, 0.3) is 39.5 Å². The Morgan fingerprint density at radius 1 is 0.444 bits per heavy atom. The zero-order valence-electron chi connectivity index (χ0n) is 19.9. The van der Waals surface area contributed by atoms with Gasteiger partial charge in [-0.3, -0.25) is 0 Å². The van der Waals surface area contributed by atoms with Crippen LogP contribution in [0.2, 0.25) is 0 Å². The summed E-state index contributed by atoms with van der Waals surface area (Å²) in [5.74, 6) is 0.484. The summed E-state index contributed by atoms with van der Waals surface area (Å²) in [6.07, 6.45) is 4.68. The van der Waals surface area contributed by atoms with Crippen LogP contribution in [0, 0.1) is 0 Å². The minimum atomic E-state index is 0.238. The predicted octanol–water partition coefficient (Wildman–Crippen LogP) is 8.11. The molecular weight excluding hydrogens is 436 g/mol. The first-order valence-electron chi connectivity index (χ1n) is 12.5. The van der Waals surface area contributed by atoms with Crippen molar-refractivity contribution in [1.82, 2.24) is 0 Å². The molecule has 0 aromatic heterocycles. The second-order valence-electron chi connectivity index (χ2n) is 9.70. The van der Waals surface area contributed by atoms with Crippen molar-refractivity contribution in [2.45, 2.75) is 11.8 Å². The summed E-state index contributed by atoms with van der Waals surface area (Å²) >= 11 is 0. The van der Waals surface area contributed by atoms with E-state index in [1.165, 1.54) is 44.5 Å². The molecule has 2 nitrogen and oxygen atoms in total. The lowest BCUT2D eigenvalue weighted by Gasteiger charge is -2.23. The molecule has 2 atom stereocenters. The molecule has 0 saturated heterocycles. The highest BCUT2D eigenvalue weighted by atomic mass is 14.6. The number of hydrogen-bond acceptors (Lipinski definition) is 2. The average molecular weight is 463 g/mol. The minimum Gasteiger partial charge on any atom is -0.398 e. The number of benzene rings is 5. The molecule has 7 rings (SSSR count). The third-order valence-corrected chi connectivity index (χ3v) is 7.83. The second-order valence-corrected chi connectivity index (χ2v) is 9.70. The molecule has 0 heterocycles. The van der Waals surface area contributed by atoms with E-state index in [0.717, 1.165) is 22.5 Å². The largest absolute Gasteiger partial charge is 0.398 e. The van der Waals surface area contributed by atoms with Crippen molar-refractivity contribution < 1.29 is 0 Å². The summed E-state index contributed by atoms with van der Waals surface area (Å²) in [7, 11) is 0. The van der Waals surface area contributed by atoms with Crippen molar-refractivity contribution >= 4 is 17.5 Å². The van der Waals surface area contributed by atoms with E-state index < -0.39 is 0 Å². The first-order valence-corrected chi connectivity index (χ1v) is 12.5. The Balaban J connectivity index is 1.42. The summed E-state index contributed by atoms with van der Waals surface area (Å²) in [4.78, 5) is 0. The molecule has 0 bridgehead atoms. The Kier molecular flexibility index (Phi) is 4.62. The topological polar surface area (TPSA) is 52.0 Å². The van der Waals surface area contributed by atoms with Crippen LogP contribution < -0.4 is 11.5 Å². The zero-order chi connectivity index (χ0) is 24.2. The number of allylic oxidation sites excluding steroid dienone is 1. The van der Waals surface area contributed by atoms with Crippen molar-refractivity contribution in [1.29, 1.82) is 0 Å². The van der Waals surface area contributed by atoms with Crippen LogP contribution in [0.3, 0.4) is 0 Å². The molecule has 172 valence electrons. The number of nitrogen functional groups attached to an aromatic ring is 2. The lowest BCUT2D eigenvalue weighted by atomic mass is 9.80. The van der Waals surface area contributed by atoms with Gasteiger partial charge in [-0.15, -0.1) is 0 Å². The van der Waals surface area contributed by atoms with Crippen molar-refractivity contribution in [3.05, 3.63) is 138 Å². The molecular formula is C34H26N2. The first kappa shape index (κ1) is 20.8. The molecule has 0 aliphatic heterocycles. The van der Waals surface area contributed by atoms with Gasteiger partial charge in [0.1, 0.15) is 0 Å². The number of nitrogens with two attached hydrogens (primary N) is 2. The maximum absolute atomic E-state index is 6.45. The van der Waals surface area contributed by atoms with Crippen molar-refractivity contribution in [3.63, 3.8) is 0 Å². The minimum absolute atomic E-state index is 0.238. The molecule has 36 heavy (non-hydrogen) atoms. The number of para-hydroxylation sites is 2. The van der Waals surface area contributed by atoms with Gasteiger partial charge in [0.25, 0.3) is 0 Å². The highest BCUT2D eigenvalue weighted by molar-refractivity contribution is 5.95. The molecule has 2 heteroatoms. The maximum atomic E-state index is 6.45. The second kappa shape index (κ2) is 8.00. The number of rotatable bonds is 3. The Labute approximate surface area is 211 Å². The summed E-state index contributed by atoms with van der Waals surface area (Å²) < 4.78 is 0. The van der Waals surface area contributed by atoms with Gasteiger partial charge in [-0.1, -0.05) is 109 Å². The zero-order valence-corrected chi connectivity index (χ0v) is 19.9. The fraction of sp³-hybridized carbons (Fsp3) is 0.0588. The third kappa shape index (κ3) is 2.98. The monoisotopic (exact) mass is 462 g/mol. The van der Waals surface area contributed by atoms with Gasteiger partial charge in [-0.25, -0.2) is 0 Å². The van der Waals surface area contributed by atoms with Gasteiger partial charge < -0.3 is 11.5 Å². The molecule has 4 N–H and O–H groups in total. The van der Waals surface area contributed by atoms with Crippen molar-refractivity contribution in [3.8, 4) is 33.4 Å². The van der Waals surface area contributed by atoms with E-state index in [0.29, 0.717) is 0 Å². The number of anilines is 2. The predicted molar refractivity (Wildman–Crippen MR) is 152 cm³/mol. The Morgan fingerprint density at radius 2 is 0.972 bits per heavy atom. The van der Waals surface area contributed by atoms with Gasteiger partial charge >= 0.3 is 0 Å². The molecule has 2 aliphatic rings. The van der Waals surface area contributed by atoms with Gasteiger partial charge in [-0.2, -0.15) is 0 Å². The summed E-state index contributed by atoms with van der Waals surface area (Å²) in [5, 5.41) is 0. The van der Waals surface area contributed by atoms with Crippen LogP contribution in [0.4, 0.5) is 11.4 Å². The van der Waals surface area contributed by atoms with E-state index >= 15 is 0 Å². The molecule has 0 radical (unpaired) electrons. The van der Waals surface area contributed by atoms with Gasteiger partial charge in [0, 0.05) is 34.3 Å². The molecule has 2 unspecified atom stereocenters. The van der Waals surface area contributed by atoms with E-state index in [2.05, 4.69) is 97.1 Å². The maximum Gasteiger partial charge on any atom is 0.0393 e. The highest BCUT2D eigenvalue weighted by Gasteiger charge is 2.38. The van der Waals surface area contributed by atoms with Gasteiger partial charge in [0.15, 0.2) is 0 Å². The van der Waals surface area contributed by atoms with Crippen LogP contribution in [0.1, 0.15) is 34.1 Å². The van der Waals surface area contributed by atoms with Crippen LogP contribution in [-0.2, 0) is 0 Å². The van der Waals surface area contributed by atoms with Crippen molar-refractivity contribution in [2.24, 2.45) is 0 Å². The molecule has 0 fully saturated rings. The van der Waals surface area contributed by atoms with E-state index in [1.807, 2.05) is 24.3 Å². The van der Waals surface area contributed by atoms with Crippen molar-refractivity contribution in [2.75, 3.05) is 11.5 Å². The number of hydrogen-bond donors (Lipinski definition) is 2. The number of fused-ring (bicyclic) bond motifs is 4. The van der Waals surface area contributed by atoms with Crippen LogP contribution in [0.5, 0.6) is 0 Å². The van der Waals surface area contributed by atoms with Crippen LogP contribution in [-0.4, -0.2) is 0 Å². The van der Waals surface area contributed by atoms with Gasteiger partial charge in [0.2, 0.25) is 0 Å². The van der Waals surface area contributed by atoms with Gasteiger partial charge in [0.05, 0.1) is 0 Å². The molecule has 5 aromatic rings. The fourth-order valence-corrected chi connectivity index (χ4v) is 6.28. The fourth-order valence-electron chi connectivity index (χ4n) is 6.28. The quantitative estimate of drug-likeness (QED) is 0.266. The summed E-state index contributed by atoms with van der Waals surface area (Å²) in [6, 6.07) is 38.5. The Morgan fingerprint density at radius 3 is 1.69 bits per heavy atom. The average Bonchev–Trinajstić information content (AvgIpc) is 3.48. The van der Waals surface area contributed by atoms with Crippen LogP contribution >= 0.6 is 0 Å². The van der Waals surface area contributed by atoms with E-state index in [4.69, 9.17) is 11.5 Å². The van der Waals surface area contributed by atoms with E-state index in [-0.39, 0.29) is 11.8 Å². The third-order valence-electron chi connectivity index (χ3n) is 7.83. The molecule has 0 saturated carbocycles. The summed E-state index contributed by atoms with van der Waals surface area (Å²) in [5.41, 5.74) is 27.0. The smallest absolute Gasteiger partial charge is 0.0393 e. The lowest BCUT2D eigenvalue weighted by Crippen LogP contribution is -2.08. The lowest BCUT2D eigenvalue weighted by molar-refractivity contribution is 0.741. The molecule has 2 aliphatic carbocycles. The molecule has 0 amide bonds. The van der Waals surface area contributed by atoms with E-state index in [9.17, 15) is 0 Å². The molecule has 5 aromatic carbocycles. The summed E-state index contributed by atoms with van der Waals surface area (Å²) in [6.45, 7) is 0. The highest BCUT2D eigenvalue weighted by Crippen LogP contribution is 2.56.